The Kier molecular flexibility index (Phi) is 10.0. The molecule has 0 amide bonds. The first kappa shape index (κ1) is 18.1. The van der Waals surface area contributed by atoms with Gasteiger partial charge in [-0.1, -0.05) is 56.6 Å². The number of carboxylic acids is 1. The standard InChI is InChI=1S/C14H20O3.K/c1-2-3-4-5-6-8-11-9-7-10-12(15)13(11)14(16)17;/h7,9-10,15H,2-6,8H2,1H3,(H,16,17);/q;+1/p-1. The number of unbranched alkanes of at least 4 members (excludes halogenated alkanes) is 4. The number of benzene rings is 1. The molecule has 1 aromatic rings. The molecule has 94 valence electrons. The number of aromatic carboxylic acids is 1. The van der Waals surface area contributed by atoms with Crippen LogP contribution in [-0.2, 0) is 6.42 Å². The summed E-state index contributed by atoms with van der Waals surface area (Å²) in [5.41, 5.74) is 0.615. The largest absolute Gasteiger partial charge is 1.00 e. The Bertz CT molecular complexity index is 377. The van der Waals surface area contributed by atoms with Gasteiger partial charge >= 0.3 is 57.4 Å². The molecule has 0 aliphatic carbocycles. The Balaban J connectivity index is 0.00000289. The van der Waals surface area contributed by atoms with Crippen molar-refractivity contribution in [1.29, 1.82) is 0 Å². The molecule has 4 heteroatoms. The van der Waals surface area contributed by atoms with E-state index in [4.69, 9.17) is 5.11 Å². The molecule has 0 aliphatic rings. The molecule has 0 heterocycles. The minimum absolute atomic E-state index is 0. The van der Waals surface area contributed by atoms with E-state index in [-0.39, 0.29) is 62.7 Å². The van der Waals surface area contributed by atoms with Crippen LogP contribution in [0, 0.1) is 0 Å². The third-order valence-corrected chi connectivity index (χ3v) is 2.88. The maximum atomic E-state index is 11.4. The van der Waals surface area contributed by atoms with E-state index in [0.29, 0.717) is 12.0 Å². The normalized spacial score (nSPS) is 9.83. The Morgan fingerprint density at radius 2 is 1.89 bits per heavy atom. The van der Waals surface area contributed by atoms with E-state index in [1.165, 1.54) is 25.3 Å². The number of hydrogen-bond acceptors (Lipinski definition) is 2. The monoisotopic (exact) mass is 274 g/mol. The molecular formula is C14H19KO3. The second-order valence-corrected chi connectivity index (χ2v) is 4.26. The van der Waals surface area contributed by atoms with E-state index in [2.05, 4.69) is 6.92 Å². The van der Waals surface area contributed by atoms with Gasteiger partial charge < -0.3 is 10.2 Å². The fourth-order valence-electron chi connectivity index (χ4n) is 1.95. The van der Waals surface area contributed by atoms with Crippen molar-refractivity contribution in [3.05, 3.63) is 29.3 Å². The maximum Gasteiger partial charge on any atom is 1.00 e. The van der Waals surface area contributed by atoms with Crippen molar-refractivity contribution >= 4 is 5.97 Å². The van der Waals surface area contributed by atoms with Gasteiger partial charge in [-0.2, -0.15) is 0 Å². The van der Waals surface area contributed by atoms with Crippen LogP contribution in [0.15, 0.2) is 18.2 Å². The third-order valence-electron chi connectivity index (χ3n) is 2.88. The molecule has 0 fully saturated rings. The number of carbonyl (C=O) groups is 1. The molecule has 18 heavy (non-hydrogen) atoms. The average molecular weight is 274 g/mol. The van der Waals surface area contributed by atoms with E-state index < -0.39 is 5.97 Å². The molecule has 0 aliphatic heterocycles. The summed E-state index contributed by atoms with van der Waals surface area (Å²) in [6, 6.07) is 4.69. The third kappa shape index (κ3) is 5.84. The SMILES string of the molecule is CCCCCCCc1cccc([O-])c1C(=O)O.[K+]. The molecule has 3 nitrogen and oxygen atoms in total. The first-order valence-corrected chi connectivity index (χ1v) is 6.19. The molecule has 0 atom stereocenters. The first-order chi connectivity index (χ1) is 8.16. The summed E-state index contributed by atoms with van der Waals surface area (Å²) < 4.78 is 0. The van der Waals surface area contributed by atoms with Crippen LogP contribution in [0.5, 0.6) is 5.75 Å². The minimum atomic E-state index is -1.11. The van der Waals surface area contributed by atoms with E-state index in [0.717, 1.165) is 12.8 Å². The van der Waals surface area contributed by atoms with Crippen molar-refractivity contribution in [2.45, 2.75) is 45.4 Å². The van der Waals surface area contributed by atoms with Gasteiger partial charge in [0.05, 0.1) is 5.56 Å². The topological polar surface area (TPSA) is 60.4 Å². The van der Waals surface area contributed by atoms with Crippen LogP contribution < -0.4 is 56.5 Å². The van der Waals surface area contributed by atoms with E-state index in [9.17, 15) is 9.90 Å². The van der Waals surface area contributed by atoms with E-state index in [1.54, 1.807) is 12.1 Å². The number of hydrogen-bond donors (Lipinski definition) is 1. The zero-order chi connectivity index (χ0) is 12.7. The van der Waals surface area contributed by atoms with Gasteiger partial charge in [0.1, 0.15) is 0 Å². The molecule has 1 rings (SSSR count). The van der Waals surface area contributed by atoms with Crippen molar-refractivity contribution in [2.24, 2.45) is 0 Å². The van der Waals surface area contributed by atoms with Crippen LogP contribution in [0.3, 0.4) is 0 Å². The quantitative estimate of drug-likeness (QED) is 0.561. The van der Waals surface area contributed by atoms with Gasteiger partial charge in [0, 0.05) is 0 Å². The second kappa shape index (κ2) is 9.98. The van der Waals surface area contributed by atoms with Crippen LogP contribution in [-0.4, -0.2) is 11.1 Å². The molecule has 1 aromatic carbocycles. The molecule has 0 bridgehead atoms. The Morgan fingerprint density at radius 3 is 2.50 bits per heavy atom. The van der Waals surface area contributed by atoms with Gasteiger partial charge in [-0.3, -0.25) is 0 Å². The van der Waals surface area contributed by atoms with Crippen molar-refractivity contribution in [3.63, 3.8) is 0 Å². The molecule has 0 unspecified atom stereocenters. The Labute approximate surface area is 151 Å². The summed E-state index contributed by atoms with van der Waals surface area (Å²) in [7, 11) is 0. The molecule has 0 spiro atoms. The van der Waals surface area contributed by atoms with Crippen LogP contribution in [0.1, 0.15) is 54.9 Å². The first-order valence-electron chi connectivity index (χ1n) is 6.19. The fourth-order valence-corrected chi connectivity index (χ4v) is 1.95. The van der Waals surface area contributed by atoms with Gasteiger partial charge in [0.2, 0.25) is 0 Å². The molecular weight excluding hydrogens is 255 g/mol. The summed E-state index contributed by atoms with van der Waals surface area (Å²) in [5, 5.41) is 20.4. The van der Waals surface area contributed by atoms with E-state index in [1.807, 2.05) is 0 Å². The van der Waals surface area contributed by atoms with Crippen LogP contribution >= 0.6 is 0 Å². The maximum absolute atomic E-state index is 11.4. The zero-order valence-corrected chi connectivity index (χ0v) is 14.4. The average Bonchev–Trinajstić information content (AvgIpc) is 2.28. The molecule has 0 saturated carbocycles. The smallest absolute Gasteiger partial charge is 0.872 e. The van der Waals surface area contributed by atoms with Crippen LogP contribution in [0.2, 0.25) is 0 Å². The molecule has 0 aromatic heterocycles. The van der Waals surface area contributed by atoms with Gasteiger partial charge in [-0.05, 0) is 18.4 Å². The van der Waals surface area contributed by atoms with Crippen LogP contribution in [0.25, 0.3) is 0 Å². The van der Waals surface area contributed by atoms with Crippen molar-refractivity contribution < 1.29 is 66.4 Å². The Hall–Kier alpha value is 0.126. The van der Waals surface area contributed by atoms with Gasteiger partial charge in [0.25, 0.3) is 0 Å². The summed E-state index contributed by atoms with van der Waals surface area (Å²) in [6.07, 6.45) is 6.31. The van der Waals surface area contributed by atoms with Gasteiger partial charge in [-0.25, -0.2) is 4.79 Å². The van der Waals surface area contributed by atoms with Crippen molar-refractivity contribution in [1.82, 2.24) is 0 Å². The van der Waals surface area contributed by atoms with Crippen molar-refractivity contribution in [2.75, 3.05) is 0 Å². The summed E-state index contributed by atoms with van der Waals surface area (Å²) >= 11 is 0. The predicted octanol–water partition coefficient (Wildman–Crippen LogP) is -0.0247. The summed E-state index contributed by atoms with van der Waals surface area (Å²) in [6.45, 7) is 2.16. The molecule has 1 N–H and O–H groups in total. The van der Waals surface area contributed by atoms with Gasteiger partial charge in [-0.15, -0.1) is 0 Å². The summed E-state index contributed by atoms with van der Waals surface area (Å²) in [4.78, 5) is 11.0. The van der Waals surface area contributed by atoms with Crippen molar-refractivity contribution in [3.8, 4) is 5.75 Å². The van der Waals surface area contributed by atoms with Gasteiger partial charge in [0.15, 0.2) is 0 Å². The van der Waals surface area contributed by atoms with E-state index >= 15 is 0 Å². The fraction of sp³-hybridized carbons (Fsp3) is 0.500. The molecule has 0 radical (unpaired) electrons. The number of rotatable bonds is 7. The zero-order valence-electron chi connectivity index (χ0n) is 11.2. The number of carboxylic acid groups (broad SMARTS) is 1. The second-order valence-electron chi connectivity index (χ2n) is 4.26. The minimum Gasteiger partial charge on any atom is -0.872 e. The molecule has 0 saturated heterocycles. The van der Waals surface area contributed by atoms with Crippen LogP contribution in [0.4, 0.5) is 0 Å². The number of aryl methyl sites for hydroxylation is 1. The predicted molar refractivity (Wildman–Crippen MR) is 65.3 cm³/mol. The summed E-state index contributed by atoms with van der Waals surface area (Å²) in [5.74, 6) is -1.50. The Morgan fingerprint density at radius 1 is 1.22 bits per heavy atom.